The molecule has 0 bridgehead atoms. The van der Waals surface area contributed by atoms with E-state index in [1.807, 2.05) is 43.3 Å². The molecule has 2 heterocycles. The number of piperazine rings is 1. The van der Waals surface area contributed by atoms with E-state index in [0.29, 0.717) is 32.5 Å². The van der Waals surface area contributed by atoms with Crippen molar-refractivity contribution in [2.75, 3.05) is 32.7 Å². The molecule has 10 heteroatoms. The molecule has 6 nitrogen and oxygen atoms in total. The fourth-order valence-corrected chi connectivity index (χ4v) is 5.38. The summed E-state index contributed by atoms with van der Waals surface area (Å²) in [6.07, 6.45) is -4.56. The molecule has 0 radical (unpaired) electrons. The van der Waals surface area contributed by atoms with Crippen LogP contribution in [0.1, 0.15) is 36.9 Å². The third-order valence-corrected chi connectivity index (χ3v) is 7.21. The summed E-state index contributed by atoms with van der Waals surface area (Å²) in [6, 6.07) is 15.3. The second kappa shape index (κ2) is 11.5. The highest BCUT2D eigenvalue weighted by molar-refractivity contribution is 5.81. The van der Waals surface area contributed by atoms with E-state index in [1.165, 1.54) is 12.1 Å². The van der Waals surface area contributed by atoms with Crippen molar-refractivity contribution in [2.24, 2.45) is 5.92 Å². The topological polar surface area (TPSA) is 53.1 Å². The van der Waals surface area contributed by atoms with Crippen LogP contribution in [-0.4, -0.2) is 71.6 Å². The number of carbonyl (C=O) groups excluding carboxylic acids is 2. The highest BCUT2D eigenvalue weighted by atomic mass is 19.4. The van der Waals surface area contributed by atoms with Crippen LogP contribution in [0, 0.1) is 11.7 Å². The number of piperidine rings is 1. The Hall–Kier alpha value is -3.14. The largest absolute Gasteiger partial charge is 0.471 e. The van der Waals surface area contributed by atoms with E-state index in [2.05, 4.69) is 4.90 Å². The maximum Gasteiger partial charge on any atom is 0.471 e. The van der Waals surface area contributed by atoms with Gasteiger partial charge in [-0.2, -0.15) is 13.2 Å². The molecule has 200 valence electrons. The molecule has 2 aromatic carbocycles. The van der Waals surface area contributed by atoms with Gasteiger partial charge in [0.2, 0.25) is 0 Å². The molecule has 0 saturated carbocycles. The number of amides is 2. The highest BCUT2D eigenvalue weighted by Crippen LogP contribution is 2.38. The number of carbonyl (C=O) groups is 2. The van der Waals surface area contributed by atoms with Gasteiger partial charge in [-0.15, -0.1) is 0 Å². The lowest BCUT2D eigenvalue weighted by Crippen LogP contribution is -2.56. The van der Waals surface area contributed by atoms with Crippen molar-refractivity contribution in [3.05, 3.63) is 71.5 Å². The Labute approximate surface area is 213 Å². The number of alkyl halides is 3. The Morgan fingerprint density at radius 3 is 2.30 bits per heavy atom. The predicted octanol–water partition coefficient (Wildman–Crippen LogP) is 5.01. The fourth-order valence-electron chi connectivity index (χ4n) is 5.38. The first-order valence-electron chi connectivity index (χ1n) is 12.5. The van der Waals surface area contributed by atoms with Gasteiger partial charge in [0.05, 0.1) is 0 Å². The van der Waals surface area contributed by atoms with Gasteiger partial charge in [-0.1, -0.05) is 42.5 Å². The second-order valence-electron chi connectivity index (χ2n) is 9.70. The van der Waals surface area contributed by atoms with Crippen molar-refractivity contribution >= 4 is 12.0 Å². The van der Waals surface area contributed by atoms with E-state index in [4.69, 9.17) is 4.74 Å². The maximum atomic E-state index is 14.2. The molecule has 0 spiro atoms. The first-order valence-corrected chi connectivity index (χ1v) is 12.5. The lowest BCUT2D eigenvalue weighted by Gasteiger charge is -2.47. The Bertz CT molecular complexity index is 1070. The quantitative estimate of drug-likeness (QED) is 0.519. The zero-order valence-corrected chi connectivity index (χ0v) is 20.7. The van der Waals surface area contributed by atoms with E-state index in [9.17, 15) is 27.2 Å². The molecule has 0 N–H and O–H groups in total. The number of ether oxygens (including phenoxy) is 1. The van der Waals surface area contributed by atoms with Crippen LogP contribution >= 0.6 is 0 Å². The van der Waals surface area contributed by atoms with Gasteiger partial charge in [0.1, 0.15) is 12.4 Å². The normalized spacial score (nSPS) is 20.5. The van der Waals surface area contributed by atoms with Crippen LogP contribution in [0.3, 0.4) is 0 Å². The standard InChI is InChI=1S/C27H31F4N3O3/c1-19-17-33(26(36)37-18-20-6-3-2-4-7-20)14-15-34(19)24(22-8-5-9-23(28)16-22)21-10-12-32(13-11-21)25(35)27(29,30)31/h2-9,16,19,21,24H,10-15,17-18H2,1H3. The summed E-state index contributed by atoms with van der Waals surface area (Å²) in [6.45, 7) is 3.47. The summed E-state index contributed by atoms with van der Waals surface area (Å²) < 4.78 is 58.4. The monoisotopic (exact) mass is 521 g/mol. The minimum Gasteiger partial charge on any atom is -0.445 e. The number of benzene rings is 2. The molecule has 2 amide bonds. The number of nitrogens with zero attached hydrogens (tertiary/aromatic N) is 3. The third kappa shape index (κ3) is 6.60. The Kier molecular flexibility index (Phi) is 8.36. The molecular weight excluding hydrogens is 490 g/mol. The molecule has 2 aliphatic heterocycles. The SMILES string of the molecule is CC1CN(C(=O)OCc2ccccc2)CCN1C(c1cccc(F)c1)C1CCN(C(=O)C(F)(F)F)CC1. The molecular formula is C27H31F4N3O3. The van der Waals surface area contributed by atoms with E-state index in [0.717, 1.165) is 16.0 Å². The van der Waals surface area contributed by atoms with Crippen LogP contribution in [0.2, 0.25) is 0 Å². The van der Waals surface area contributed by atoms with Crippen molar-refractivity contribution < 1.29 is 31.9 Å². The van der Waals surface area contributed by atoms with E-state index < -0.39 is 18.2 Å². The van der Waals surface area contributed by atoms with Gasteiger partial charge in [0.15, 0.2) is 0 Å². The van der Waals surface area contributed by atoms with Gasteiger partial charge in [-0.25, -0.2) is 9.18 Å². The molecule has 2 aliphatic rings. The molecule has 4 rings (SSSR count). The Morgan fingerprint density at radius 1 is 0.973 bits per heavy atom. The summed E-state index contributed by atoms with van der Waals surface area (Å²) in [5.41, 5.74) is 1.64. The molecule has 2 saturated heterocycles. The Morgan fingerprint density at radius 2 is 1.68 bits per heavy atom. The van der Waals surface area contributed by atoms with Crippen molar-refractivity contribution in [1.29, 1.82) is 0 Å². The van der Waals surface area contributed by atoms with Gasteiger partial charge in [-0.05, 0) is 48.9 Å². The number of hydrogen-bond donors (Lipinski definition) is 0. The maximum absolute atomic E-state index is 14.2. The van der Waals surface area contributed by atoms with Gasteiger partial charge in [0.25, 0.3) is 0 Å². The summed E-state index contributed by atoms with van der Waals surface area (Å²) >= 11 is 0. The molecule has 0 aromatic heterocycles. The zero-order chi connectivity index (χ0) is 26.6. The van der Waals surface area contributed by atoms with E-state index in [1.54, 1.807) is 11.0 Å². The average molecular weight is 522 g/mol. The van der Waals surface area contributed by atoms with Crippen molar-refractivity contribution in [1.82, 2.24) is 14.7 Å². The van der Waals surface area contributed by atoms with Crippen LogP contribution in [0.25, 0.3) is 0 Å². The summed E-state index contributed by atoms with van der Waals surface area (Å²) in [7, 11) is 0. The smallest absolute Gasteiger partial charge is 0.445 e. The van der Waals surface area contributed by atoms with Crippen LogP contribution in [0.4, 0.5) is 22.4 Å². The molecule has 2 unspecified atom stereocenters. The molecule has 2 atom stereocenters. The van der Waals surface area contributed by atoms with Gasteiger partial charge < -0.3 is 14.5 Å². The number of likely N-dealkylation sites (tertiary alicyclic amines) is 1. The first-order chi connectivity index (χ1) is 17.6. The highest BCUT2D eigenvalue weighted by Gasteiger charge is 2.45. The van der Waals surface area contributed by atoms with Gasteiger partial charge in [-0.3, -0.25) is 9.69 Å². The van der Waals surface area contributed by atoms with Crippen LogP contribution in [0.5, 0.6) is 0 Å². The molecule has 37 heavy (non-hydrogen) atoms. The molecule has 0 aliphatic carbocycles. The third-order valence-electron chi connectivity index (χ3n) is 7.21. The average Bonchev–Trinajstić information content (AvgIpc) is 2.88. The van der Waals surface area contributed by atoms with E-state index >= 15 is 0 Å². The van der Waals surface area contributed by atoms with E-state index in [-0.39, 0.29) is 43.5 Å². The lowest BCUT2D eigenvalue weighted by molar-refractivity contribution is -0.187. The molecule has 2 fully saturated rings. The second-order valence-corrected chi connectivity index (χ2v) is 9.70. The summed E-state index contributed by atoms with van der Waals surface area (Å²) in [5, 5.41) is 0. The predicted molar refractivity (Wildman–Crippen MR) is 129 cm³/mol. The van der Waals surface area contributed by atoms with Crippen molar-refractivity contribution in [2.45, 2.75) is 44.6 Å². The summed E-state index contributed by atoms with van der Waals surface area (Å²) in [4.78, 5) is 29.1. The minimum atomic E-state index is -4.89. The van der Waals surface area contributed by atoms with Gasteiger partial charge in [0, 0.05) is 44.8 Å². The number of rotatable bonds is 5. The van der Waals surface area contributed by atoms with Crippen LogP contribution < -0.4 is 0 Å². The van der Waals surface area contributed by atoms with Crippen LogP contribution in [-0.2, 0) is 16.1 Å². The van der Waals surface area contributed by atoms with Gasteiger partial charge >= 0.3 is 18.2 Å². The number of hydrogen-bond acceptors (Lipinski definition) is 4. The van der Waals surface area contributed by atoms with Crippen molar-refractivity contribution in [3.63, 3.8) is 0 Å². The minimum absolute atomic E-state index is 0.00498. The number of halogens is 4. The first kappa shape index (κ1) is 26.9. The van der Waals surface area contributed by atoms with Crippen LogP contribution in [0.15, 0.2) is 54.6 Å². The lowest BCUT2D eigenvalue weighted by atomic mass is 9.83. The fraction of sp³-hybridized carbons (Fsp3) is 0.481. The van der Waals surface area contributed by atoms with Crippen molar-refractivity contribution in [3.8, 4) is 0 Å². The zero-order valence-electron chi connectivity index (χ0n) is 20.7. The molecule has 2 aromatic rings. The Balaban J connectivity index is 1.44. The summed E-state index contributed by atoms with van der Waals surface area (Å²) in [5.74, 6) is -2.27.